The van der Waals surface area contributed by atoms with E-state index in [0.29, 0.717) is 28.4 Å². The number of nitrogens with zero attached hydrogens (tertiary/aromatic N) is 4. The fourth-order valence-electron chi connectivity index (χ4n) is 4.13. The topological polar surface area (TPSA) is 81.3 Å². The van der Waals surface area contributed by atoms with E-state index < -0.39 is 0 Å². The molecule has 0 aliphatic rings. The maximum Gasteiger partial charge on any atom is 0.267 e. The first-order valence-electron chi connectivity index (χ1n) is 11.3. The number of para-hydroxylation sites is 1. The van der Waals surface area contributed by atoms with Crippen LogP contribution in [0.4, 0.5) is 0 Å². The van der Waals surface area contributed by atoms with Gasteiger partial charge in [-0.05, 0) is 61.2 Å². The molecule has 0 saturated heterocycles. The number of nitrogens with one attached hydrogen (secondary N) is 1. The van der Waals surface area contributed by atoms with Gasteiger partial charge in [0.05, 0.1) is 22.3 Å². The fraction of sp³-hybridized carbons (Fsp3) is 0.185. The number of amides is 1. The van der Waals surface area contributed by atoms with Gasteiger partial charge in [0.25, 0.3) is 5.56 Å². The minimum absolute atomic E-state index is 0.0952. The van der Waals surface area contributed by atoms with Gasteiger partial charge in [-0.3, -0.25) is 14.0 Å². The maximum atomic E-state index is 13.5. The summed E-state index contributed by atoms with van der Waals surface area (Å²) in [4.78, 5) is 26.1. The molecule has 0 bridgehead atoms. The van der Waals surface area contributed by atoms with E-state index in [-0.39, 0.29) is 17.2 Å². The van der Waals surface area contributed by atoms with Crippen LogP contribution in [-0.2, 0) is 11.3 Å². The van der Waals surface area contributed by atoms with Gasteiger partial charge in [-0.25, -0.2) is 4.57 Å². The molecule has 0 radical (unpaired) electrons. The summed E-state index contributed by atoms with van der Waals surface area (Å²) >= 11 is 1.30. The normalized spacial score (nSPS) is 11.3. The Kier molecular flexibility index (Phi) is 6.13. The average molecular weight is 484 g/mol. The van der Waals surface area contributed by atoms with Gasteiger partial charge in [-0.15, -0.1) is 10.2 Å². The van der Waals surface area contributed by atoms with Crippen LogP contribution in [-0.4, -0.2) is 30.8 Å². The van der Waals surface area contributed by atoms with Gasteiger partial charge >= 0.3 is 0 Å². The molecule has 35 heavy (non-hydrogen) atoms. The van der Waals surface area contributed by atoms with E-state index in [2.05, 4.69) is 15.5 Å². The predicted molar refractivity (Wildman–Crippen MR) is 139 cm³/mol. The molecule has 0 saturated carbocycles. The molecule has 2 aromatic heterocycles. The van der Waals surface area contributed by atoms with E-state index >= 15 is 0 Å². The van der Waals surface area contributed by atoms with Crippen LogP contribution in [0.3, 0.4) is 0 Å². The first-order valence-corrected chi connectivity index (χ1v) is 12.3. The molecular formula is C27H25N5O2S. The van der Waals surface area contributed by atoms with Crippen molar-refractivity contribution in [2.24, 2.45) is 0 Å². The van der Waals surface area contributed by atoms with Crippen molar-refractivity contribution >= 4 is 34.3 Å². The molecule has 0 fully saturated rings. The maximum absolute atomic E-state index is 13.5. The Balaban J connectivity index is 1.51. The molecule has 0 unspecified atom stereocenters. The van der Waals surface area contributed by atoms with Crippen LogP contribution < -0.4 is 10.9 Å². The van der Waals surface area contributed by atoms with E-state index in [1.54, 1.807) is 4.57 Å². The van der Waals surface area contributed by atoms with Gasteiger partial charge in [0.1, 0.15) is 0 Å². The molecule has 176 valence electrons. The number of benzene rings is 3. The summed E-state index contributed by atoms with van der Waals surface area (Å²) in [5.74, 6) is 0.510. The zero-order valence-corrected chi connectivity index (χ0v) is 20.6. The van der Waals surface area contributed by atoms with Crippen LogP contribution in [0.1, 0.15) is 22.3 Å². The Bertz CT molecular complexity index is 1640. The Labute approximate surface area is 206 Å². The summed E-state index contributed by atoms with van der Waals surface area (Å²) in [5, 5.41) is 12.8. The molecule has 1 N–H and O–H groups in total. The lowest BCUT2D eigenvalue weighted by atomic mass is 10.1. The number of carbonyl (C=O) groups excluding carboxylic acids is 1. The van der Waals surface area contributed by atoms with E-state index in [4.69, 9.17) is 0 Å². The van der Waals surface area contributed by atoms with E-state index in [9.17, 15) is 9.59 Å². The van der Waals surface area contributed by atoms with Gasteiger partial charge in [0, 0.05) is 6.54 Å². The molecule has 5 rings (SSSR count). The summed E-state index contributed by atoms with van der Waals surface area (Å²) < 4.78 is 3.47. The summed E-state index contributed by atoms with van der Waals surface area (Å²) in [6, 6.07) is 21.4. The molecule has 1 amide bonds. The van der Waals surface area contributed by atoms with Crippen molar-refractivity contribution in [2.75, 3.05) is 5.75 Å². The quantitative estimate of drug-likeness (QED) is 0.363. The molecule has 3 aromatic carbocycles. The number of hydrogen-bond acceptors (Lipinski definition) is 5. The zero-order chi connectivity index (χ0) is 24.5. The monoisotopic (exact) mass is 483 g/mol. The highest BCUT2D eigenvalue weighted by Crippen LogP contribution is 2.24. The second kappa shape index (κ2) is 9.38. The highest BCUT2D eigenvalue weighted by molar-refractivity contribution is 7.99. The first-order chi connectivity index (χ1) is 16.9. The Hall–Kier alpha value is -3.91. The largest absolute Gasteiger partial charge is 0.351 e. The molecule has 0 aliphatic carbocycles. The zero-order valence-electron chi connectivity index (χ0n) is 19.8. The van der Waals surface area contributed by atoms with Gasteiger partial charge < -0.3 is 5.32 Å². The smallest absolute Gasteiger partial charge is 0.267 e. The van der Waals surface area contributed by atoms with Crippen LogP contribution >= 0.6 is 11.8 Å². The lowest BCUT2D eigenvalue weighted by molar-refractivity contribution is -0.118. The van der Waals surface area contributed by atoms with Crippen molar-refractivity contribution < 1.29 is 4.79 Å². The van der Waals surface area contributed by atoms with Crippen LogP contribution in [0.2, 0.25) is 0 Å². The summed E-state index contributed by atoms with van der Waals surface area (Å²) in [6.45, 7) is 6.46. The van der Waals surface area contributed by atoms with Crippen LogP contribution in [0.15, 0.2) is 76.7 Å². The minimum atomic E-state index is -0.151. The van der Waals surface area contributed by atoms with Crippen molar-refractivity contribution in [1.29, 1.82) is 0 Å². The molecule has 0 atom stereocenters. The third-order valence-corrected chi connectivity index (χ3v) is 7.00. The molecule has 0 aliphatic heterocycles. The number of fused-ring (bicyclic) bond motifs is 3. The van der Waals surface area contributed by atoms with Crippen molar-refractivity contribution in [2.45, 2.75) is 32.5 Å². The lowest BCUT2D eigenvalue weighted by Gasteiger charge is -2.14. The molecule has 8 heteroatoms. The fourth-order valence-corrected chi connectivity index (χ4v) is 4.90. The Morgan fingerprint density at radius 3 is 2.54 bits per heavy atom. The van der Waals surface area contributed by atoms with E-state index in [1.165, 1.54) is 11.8 Å². The van der Waals surface area contributed by atoms with Gasteiger partial charge in [0.15, 0.2) is 5.16 Å². The van der Waals surface area contributed by atoms with Gasteiger partial charge in [-0.1, -0.05) is 60.3 Å². The summed E-state index contributed by atoms with van der Waals surface area (Å²) in [7, 11) is 0. The lowest BCUT2D eigenvalue weighted by Crippen LogP contribution is -2.25. The van der Waals surface area contributed by atoms with Crippen LogP contribution in [0.25, 0.3) is 22.4 Å². The van der Waals surface area contributed by atoms with Crippen molar-refractivity contribution in [3.05, 3.63) is 99.3 Å². The van der Waals surface area contributed by atoms with Gasteiger partial charge in [-0.2, -0.15) is 0 Å². The molecule has 7 nitrogen and oxygen atoms in total. The summed E-state index contributed by atoms with van der Waals surface area (Å²) in [5.41, 5.74) is 5.56. The van der Waals surface area contributed by atoms with Crippen molar-refractivity contribution in [3.63, 3.8) is 0 Å². The number of thioether (sulfide) groups is 1. The van der Waals surface area contributed by atoms with Gasteiger partial charge in [0.2, 0.25) is 11.7 Å². The molecule has 2 heterocycles. The number of carbonyl (C=O) groups is 1. The first kappa shape index (κ1) is 22.9. The average Bonchev–Trinajstić information content (AvgIpc) is 3.28. The van der Waals surface area contributed by atoms with Crippen molar-refractivity contribution in [3.8, 4) is 5.69 Å². The third kappa shape index (κ3) is 4.33. The number of rotatable bonds is 6. The second-order valence-electron chi connectivity index (χ2n) is 8.56. The highest BCUT2D eigenvalue weighted by atomic mass is 32.2. The number of aryl methyl sites for hydroxylation is 3. The Morgan fingerprint density at radius 2 is 1.71 bits per heavy atom. The van der Waals surface area contributed by atoms with E-state index in [1.807, 2.05) is 91.9 Å². The summed E-state index contributed by atoms with van der Waals surface area (Å²) in [6.07, 6.45) is 0. The number of hydrogen-bond donors (Lipinski definition) is 1. The standard InChI is InChI=1S/C27H25N5O2S/c1-17-12-13-19(3)23(14-17)31-25(34)21-10-6-7-11-22(21)32-26(31)29-30-27(32)35-16-24(33)28-15-20-9-5-4-8-18(20)2/h4-14H,15-16H2,1-3H3,(H,28,33). The third-order valence-electron chi connectivity index (χ3n) is 6.07. The molecular weight excluding hydrogens is 458 g/mol. The molecule has 0 spiro atoms. The van der Waals surface area contributed by atoms with Crippen LogP contribution in [0.5, 0.6) is 0 Å². The van der Waals surface area contributed by atoms with Crippen LogP contribution in [0, 0.1) is 20.8 Å². The van der Waals surface area contributed by atoms with E-state index in [0.717, 1.165) is 27.9 Å². The SMILES string of the molecule is Cc1ccc(C)c(-n2c(=O)c3ccccc3n3c(SCC(=O)NCc4ccccc4C)nnc23)c1. The minimum Gasteiger partial charge on any atom is -0.351 e. The second-order valence-corrected chi connectivity index (χ2v) is 9.50. The predicted octanol–water partition coefficient (Wildman–Crippen LogP) is 4.37. The highest BCUT2D eigenvalue weighted by Gasteiger charge is 2.19. The Morgan fingerprint density at radius 1 is 0.943 bits per heavy atom. The number of aromatic nitrogens is 4. The van der Waals surface area contributed by atoms with Crippen molar-refractivity contribution in [1.82, 2.24) is 24.5 Å². The molecule has 5 aromatic rings.